The number of benzene rings is 1. The molecular formula is C14H15ClN2OS. The number of anilines is 1. The van der Waals surface area contributed by atoms with Gasteiger partial charge in [-0.1, -0.05) is 37.6 Å². The van der Waals surface area contributed by atoms with E-state index in [-0.39, 0.29) is 17.7 Å². The van der Waals surface area contributed by atoms with Crippen LogP contribution in [0.5, 0.6) is 0 Å². The van der Waals surface area contributed by atoms with Crippen molar-refractivity contribution in [2.75, 3.05) is 5.32 Å². The highest BCUT2D eigenvalue weighted by Crippen LogP contribution is 2.28. The van der Waals surface area contributed by atoms with Gasteiger partial charge in [0.1, 0.15) is 0 Å². The lowest BCUT2D eigenvalue weighted by Gasteiger charge is -2.20. The minimum atomic E-state index is -0.234. The molecule has 0 aliphatic heterocycles. The first-order valence-electron chi connectivity index (χ1n) is 6.03. The number of carbonyl (C=O) groups excluding carboxylic acids is 1. The van der Waals surface area contributed by atoms with Crippen LogP contribution >= 0.6 is 22.9 Å². The fourth-order valence-corrected chi connectivity index (χ4v) is 2.74. The molecule has 1 atom stereocenters. The van der Waals surface area contributed by atoms with Crippen molar-refractivity contribution in [1.29, 1.82) is 0 Å². The molecule has 0 aliphatic rings. The van der Waals surface area contributed by atoms with Crippen LogP contribution in [0.3, 0.4) is 0 Å². The lowest BCUT2D eigenvalue weighted by atomic mass is 9.88. The Morgan fingerprint density at radius 3 is 2.79 bits per heavy atom. The van der Waals surface area contributed by atoms with Crippen LogP contribution in [0.4, 0.5) is 5.13 Å². The van der Waals surface area contributed by atoms with Crippen molar-refractivity contribution >= 4 is 34.0 Å². The van der Waals surface area contributed by atoms with Gasteiger partial charge in [-0.15, -0.1) is 11.3 Å². The Morgan fingerprint density at radius 1 is 1.42 bits per heavy atom. The van der Waals surface area contributed by atoms with Crippen LogP contribution in [-0.4, -0.2) is 10.9 Å². The smallest absolute Gasteiger partial charge is 0.233 e. The maximum absolute atomic E-state index is 12.4. The van der Waals surface area contributed by atoms with Crippen LogP contribution in [0, 0.1) is 5.92 Å². The highest BCUT2D eigenvalue weighted by atomic mass is 35.5. The summed E-state index contributed by atoms with van der Waals surface area (Å²) in [7, 11) is 0. The first-order chi connectivity index (χ1) is 9.08. The summed E-state index contributed by atoms with van der Waals surface area (Å²) in [6.45, 7) is 4.04. The minimum absolute atomic E-state index is 0.0489. The predicted molar refractivity (Wildman–Crippen MR) is 79.8 cm³/mol. The summed E-state index contributed by atoms with van der Waals surface area (Å²) in [4.78, 5) is 16.4. The van der Waals surface area contributed by atoms with Crippen molar-refractivity contribution in [2.45, 2.75) is 19.8 Å². The van der Waals surface area contributed by atoms with Gasteiger partial charge in [0.25, 0.3) is 0 Å². The zero-order valence-electron chi connectivity index (χ0n) is 10.8. The number of carbonyl (C=O) groups is 1. The molecule has 3 nitrogen and oxygen atoms in total. The summed E-state index contributed by atoms with van der Waals surface area (Å²) in [6.07, 6.45) is 1.67. The molecule has 2 rings (SSSR count). The van der Waals surface area contributed by atoms with Crippen molar-refractivity contribution in [3.05, 3.63) is 46.4 Å². The van der Waals surface area contributed by atoms with Gasteiger partial charge in [0.05, 0.1) is 5.92 Å². The van der Waals surface area contributed by atoms with Crippen LogP contribution in [0.1, 0.15) is 25.3 Å². The number of rotatable bonds is 4. The zero-order chi connectivity index (χ0) is 13.8. The number of nitrogens with one attached hydrogen (secondary N) is 1. The summed E-state index contributed by atoms with van der Waals surface area (Å²) in [5, 5.41) is 5.95. The Bertz CT molecular complexity index is 554. The minimum Gasteiger partial charge on any atom is -0.301 e. The molecule has 1 unspecified atom stereocenters. The van der Waals surface area contributed by atoms with Crippen molar-refractivity contribution in [1.82, 2.24) is 4.98 Å². The van der Waals surface area contributed by atoms with Gasteiger partial charge in [0.15, 0.2) is 5.13 Å². The SMILES string of the molecule is CC(C)C(C(=O)Nc1nccs1)c1cccc(Cl)c1. The predicted octanol–water partition coefficient (Wildman–Crippen LogP) is 4.17. The number of aromatic nitrogens is 1. The van der Waals surface area contributed by atoms with Gasteiger partial charge in [-0.3, -0.25) is 4.79 Å². The number of hydrogen-bond donors (Lipinski definition) is 1. The second-order valence-electron chi connectivity index (χ2n) is 4.60. The molecule has 1 amide bonds. The van der Waals surface area contributed by atoms with Crippen LogP contribution in [0.15, 0.2) is 35.8 Å². The Labute approximate surface area is 121 Å². The van der Waals surface area contributed by atoms with Gasteiger partial charge in [0, 0.05) is 16.6 Å². The average Bonchev–Trinajstić information content (AvgIpc) is 2.81. The number of hydrogen-bond acceptors (Lipinski definition) is 3. The summed E-state index contributed by atoms with van der Waals surface area (Å²) < 4.78 is 0. The molecule has 0 aliphatic carbocycles. The van der Waals surface area contributed by atoms with E-state index in [0.717, 1.165) is 5.56 Å². The standard InChI is InChI=1S/C14H15ClN2OS/c1-9(2)12(10-4-3-5-11(15)8-10)13(18)17-14-16-6-7-19-14/h3-9,12H,1-2H3,(H,16,17,18). The van der Waals surface area contributed by atoms with E-state index in [1.807, 2.05) is 37.4 Å². The zero-order valence-corrected chi connectivity index (χ0v) is 12.3. The van der Waals surface area contributed by atoms with E-state index in [2.05, 4.69) is 10.3 Å². The van der Waals surface area contributed by atoms with Crippen molar-refractivity contribution in [3.63, 3.8) is 0 Å². The van der Waals surface area contributed by atoms with Crippen LogP contribution in [-0.2, 0) is 4.79 Å². The normalized spacial score (nSPS) is 12.4. The van der Waals surface area contributed by atoms with Gasteiger partial charge >= 0.3 is 0 Å². The molecule has 5 heteroatoms. The molecule has 100 valence electrons. The van der Waals surface area contributed by atoms with Crippen LogP contribution < -0.4 is 5.32 Å². The molecule has 1 N–H and O–H groups in total. The second kappa shape index (κ2) is 6.17. The number of halogens is 1. The molecule has 0 saturated heterocycles. The third-order valence-electron chi connectivity index (χ3n) is 2.82. The average molecular weight is 295 g/mol. The lowest BCUT2D eigenvalue weighted by molar-refractivity contribution is -0.118. The fourth-order valence-electron chi connectivity index (χ4n) is 2.01. The molecule has 1 aromatic carbocycles. The van der Waals surface area contributed by atoms with Crippen LogP contribution in [0.2, 0.25) is 5.02 Å². The van der Waals surface area contributed by atoms with Crippen molar-refractivity contribution in [3.8, 4) is 0 Å². The number of nitrogens with zero attached hydrogens (tertiary/aromatic N) is 1. The first-order valence-corrected chi connectivity index (χ1v) is 7.29. The highest BCUT2D eigenvalue weighted by Gasteiger charge is 2.24. The molecule has 0 spiro atoms. The van der Waals surface area contributed by atoms with Gasteiger partial charge < -0.3 is 5.32 Å². The Balaban J connectivity index is 2.23. The summed E-state index contributed by atoms with van der Waals surface area (Å²) in [6, 6.07) is 7.44. The van der Waals surface area contributed by atoms with Crippen molar-refractivity contribution < 1.29 is 4.79 Å². The molecule has 0 fully saturated rings. The molecule has 1 heterocycles. The Kier molecular flexibility index (Phi) is 4.56. The quantitative estimate of drug-likeness (QED) is 0.919. The Hall–Kier alpha value is -1.39. The van der Waals surface area contributed by atoms with Gasteiger partial charge in [0.2, 0.25) is 5.91 Å². The molecule has 0 radical (unpaired) electrons. The van der Waals surface area contributed by atoms with E-state index >= 15 is 0 Å². The van der Waals surface area contributed by atoms with E-state index in [9.17, 15) is 4.79 Å². The molecule has 0 saturated carbocycles. The molecule has 19 heavy (non-hydrogen) atoms. The van der Waals surface area contributed by atoms with E-state index < -0.39 is 0 Å². The first kappa shape index (κ1) is 14.0. The van der Waals surface area contributed by atoms with Crippen LogP contribution in [0.25, 0.3) is 0 Å². The number of amides is 1. The van der Waals surface area contributed by atoms with E-state index in [1.165, 1.54) is 11.3 Å². The van der Waals surface area contributed by atoms with Crippen molar-refractivity contribution in [2.24, 2.45) is 5.92 Å². The molecule has 2 aromatic rings. The molecule has 1 aromatic heterocycles. The maximum atomic E-state index is 12.4. The summed E-state index contributed by atoms with van der Waals surface area (Å²) in [5.41, 5.74) is 0.927. The van der Waals surface area contributed by atoms with Gasteiger partial charge in [-0.25, -0.2) is 4.98 Å². The van der Waals surface area contributed by atoms with Gasteiger partial charge in [-0.05, 0) is 23.6 Å². The monoisotopic (exact) mass is 294 g/mol. The van der Waals surface area contributed by atoms with E-state index in [1.54, 1.807) is 12.3 Å². The number of thiazole rings is 1. The maximum Gasteiger partial charge on any atom is 0.233 e. The third kappa shape index (κ3) is 3.55. The summed E-state index contributed by atoms with van der Waals surface area (Å²) >= 11 is 7.41. The lowest BCUT2D eigenvalue weighted by Crippen LogP contribution is -2.25. The second-order valence-corrected chi connectivity index (χ2v) is 5.93. The fraction of sp³-hybridized carbons (Fsp3) is 0.286. The van der Waals surface area contributed by atoms with E-state index in [0.29, 0.717) is 10.2 Å². The largest absolute Gasteiger partial charge is 0.301 e. The third-order valence-corrected chi connectivity index (χ3v) is 3.74. The molecular weight excluding hydrogens is 280 g/mol. The topological polar surface area (TPSA) is 42.0 Å². The van der Waals surface area contributed by atoms with E-state index in [4.69, 9.17) is 11.6 Å². The highest BCUT2D eigenvalue weighted by molar-refractivity contribution is 7.13. The molecule has 0 bridgehead atoms. The summed E-state index contributed by atoms with van der Waals surface area (Å²) in [5.74, 6) is -0.103. The van der Waals surface area contributed by atoms with Gasteiger partial charge in [-0.2, -0.15) is 0 Å². The Morgan fingerprint density at radius 2 is 2.21 bits per heavy atom.